The van der Waals surface area contributed by atoms with Crippen molar-refractivity contribution in [2.24, 2.45) is 11.7 Å². The van der Waals surface area contributed by atoms with E-state index in [1.165, 1.54) is 23.9 Å². The van der Waals surface area contributed by atoms with Gasteiger partial charge in [0.2, 0.25) is 11.8 Å². The number of thioether (sulfide) groups is 1. The summed E-state index contributed by atoms with van der Waals surface area (Å²) in [7, 11) is 0. The first kappa shape index (κ1) is 20.9. The Morgan fingerprint density at radius 2 is 1.93 bits per heavy atom. The maximum Gasteiger partial charge on any atom is 0.230 e. The number of fused-ring (bicyclic) bond motifs is 1. The molecule has 0 spiro atoms. The highest BCUT2D eigenvalue weighted by Crippen LogP contribution is 2.23. The molecule has 3 rings (SSSR count). The van der Waals surface area contributed by atoms with Crippen LogP contribution in [0.15, 0.2) is 53.7 Å². The smallest absolute Gasteiger partial charge is 0.230 e. The van der Waals surface area contributed by atoms with Gasteiger partial charge in [-0.2, -0.15) is 0 Å². The van der Waals surface area contributed by atoms with Crippen LogP contribution in [0.5, 0.6) is 0 Å². The maximum absolute atomic E-state index is 13.0. The summed E-state index contributed by atoms with van der Waals surface area (Å²) < 4.78 is 15.1. The summed E-state index contributed by atoms with van der Waals surface area (Å²) in [6.45, 7) is 2.92. The number of aromatic nitrogens is 2. The number of nitrogens with one attached hydrogen (secondary N) is 1. The highest BCUT2D eigenvalue weighted by atomic mass is 32.2. The van der Waals surface area contributed by atoms with E-state index in [0.29, 0.717) is 6.42 Å². The Bertz CT molecular complexity index is 1000. The van der Waals surface area contributed by atoms with E-state index in [1.54, 1.807) is 12.1 Å². The van der Waals surface area contributed by atoms with Crippen molar-refractivity contribution in [1.82, 2.24) is 14.9 Å². The minimum atomic E-state index is -0.561. The van der Waals surface area contributed by atoms with Gasteiger partial charge in [-0.15, -0.1) is 0 Å². The van der Waals surface area contributed by atoms with Crippen LogP contribution >= 0.6 is 11.8 Å². The SMILES string of the molecule is CCn1c(SCC(=O)NCC(Cc2ccc(F)cc2)C(N)=O)nc2ccccc21. The largest absolute Gasteiger partial charge is 0.369 e. The molecule has 0 aliphatic carbocycles. The summed E-state index contributed by atoms with van der Waals surface area (Å²) in [5.41, 5.74) is 8.18. The summed E-state index contributed by atoms with van der Waals surface area (Å²) >= 11 is 1.35. The second-order valence-electron chi connectivity index (χ2n) is 6.65. The molecule has 152 valence electrons. The summed E-state index contributed by atoms with van der Waals surface area (Å²) in [5.74, 6) is -1.42. The number of nitrogens with two attached hydrogens (primary N) is 1. The van der Waals surface area contributed by atoms with Crippen LogP contribution in [0.2, 0.25) is 0 Å². The lowest BCUT2D eigenvalue weighted by Crippen LogP contribution is -2.38. The zero-order valence-corrected chi connectivity index (χ0v) is 16.9. The van der Waals surface area contributed by atoms with Gasteiger partial charge in [0.1, 0.15) is 5.82 Å². The molecule has 3 aromatic rings. The molecule has 0 radical (unpaired) electrons. The molecule has 2 aromatic carbocycles. The Balaban J connectivity index is 1.56. The van der Waals surface area contributed by atoms with E-state index in [2.05, 4.69) is 14.9 Å². The monoisotopic (exact) mass is 414 g/mol. The summed E-state index contributed by atoms with van der Waals surface area (Å²) in [5, 5.41) is 3.54. The van der Waals surface area contributed by atoms with Gasteiger partial charge < -0.3 is 15.6 Å². The van der Waals surface area contributed by atoms with Gasteiger partial charge in [-0.1, -0.05) is 36.0 Å². The molecule has 0 aliphatic rings. The van der Waals surface area contributed by atoms with Crippen LogP contribution in [0.3, 0.4) is 0 Å². The van der Waals surface area contributed by atoms with E-state index in [0.717, 1.165) is 28.3 Å². The van der Waals surface area contributed by atoms with Crippen molar-refractivity contribution >= 4 is 34.6 Å². The lowest BCUT2D eigenvalue weighted by molar-refractivity contribution is -0.122. The molecule has 0 aliphatic heterocycles. The highest BCUT2D eigenvalue weighted by Gasteiger charge is 2.18. The van der Waals surface area contributed by atoms with Gasteiger partial charge in [0.25, 0.3) is 0 Å². The molecule has 29 heavy (non-hydrogen) atoms. The maximum atomic E-state index is 13.0. The van der Waals surface area contributed by atoms with E-state index in [9.17, 15) is 14.0 Å². The minimum Gasteiger partial charge on any atom is -0.369 e. The molecule has 3 N–H and O–H groups in total. The normalized spacial score (nSPS) is 12.1. The zero-order chi connectivity index (χ0) is 20.8. The molecule has 1 unspecified atom stereocenters. The predicted molar refractivity (Wildman–Crippen MR) is 112 cm³/mol. The third kappa shape index (κ3) is 5.35. The number of para-hydroxylation sites is 2. The number of hydrogen-bond acceptors (Lipinski definition) is 4. The fourth-order valence-corrected chi connectivity index (χ4v) is 3.97. The average Bonchev–Trinajstić information content (AvgIpc) is 3.08. The van der Waals surface area contributed by atoms with E-state index in [4.69, 9.17) is 5.73 Å². The molecule has 1 atom stereocenters. The first-order chi connectivity index (χ1) is 14.0. The molecule has 2 amide bonds. The Morgan fingerprint density at radius 3 is 2.62 bits per heavy atom. The van der Waals surface area contributed by atoms with Gasteiger partial charge in [-0.05, 0) is 43.2 Å². The van der Waals surface area contributed by atoms with E-state index < -0.39 is 11.8 Å². The third-order valence-electron chi connectivity index (χ3n) is 4.61. The van der Waals surface area contributed by atoms with Gasteiger partial charge in [-0.3, -0.25) is 9.59 Å². The van der Waals surface area contributed by atoms with Crippen molar-refractivity contribution < 1.29 is 14.0 Å². The Labute approximate surface area is 172 Å². The predicted octanol–water partition coefficient (Wildman–Crippen LogP) is 2.75. The topological polar surface area (TPSA) is 90.0 Å². The quantitative estimate of drug-likeness (QED) is 0.527. The molecule has 8 heteroatoms. The first-order valence-corrected chi connectivity index (χ1v) is 10.3. The number of rotatable bonds is 9. The van der Waals surface area contributed by atoms with Crippen LogP contribution in [0.25, 0.3) is 11.0 Å². The molecule has 6 nitrogen and oxygen atoms in total. The molecular weight excluding hydrogens is 391 g/mol. The lowest BCUT2D eigenvalue weighted by atomic mass is 9.98. The van der Waals surface area contributed by atoms with E-state index >= 15 is 0 Å². The van der Waals surface area contributed by atoms with Crippen molar-refractivity contribution in [1.29, 1.82) is 0 Å². The standard InChI is InChI=1S/C21H23FN4O2S/c1-2-26-18-6-4-3-5-17(18)25-21(26)29-13-19(27)24-12-15(20(23)28)11-14-7-9-16(22)10-8-14/h3-10,15H,2,11-13H2,1H3,(H2,23,28)(H,24,27). The summed E-state index contributed by atoms with van der Waals surface area (Å²) in [4.78, 5) is 28.6. The second-order valence-corrected chi connectivity index (χ2v) is 7.59. The molecular formula is C21H23FN4O2S. The van der Waals surface area contributed by atoms with Crippen molar-refractivity contribution in [3.05, 3.63) is 59.9 Å². The number of benzene rings is 2. The van der Waals surface area contributed by atoms with E-state index in [-0.39, 0.29) is 24.0 Å². The van der Waals surface area contributed by atoms with Crippen LogP contribution in [0, 0.1) is 11.7 Å². The second kappa shape index (κ2) is 9.56. The number of halogens is 1. The van der Waals surface area contributed by atoms with Gasteiger partial charge in [0.15, 0.2) is 5.16 Å². The minimum absolute atomic E-state index is 0.135. The van der Waals surface area contributed by atoms with Crippen molar-refractivity contribution in [2.75, 3.05) is 12.3 Å². The Morgan fingerprint density at radius 1 is 1.21 bits per heavy atom. The molecule has 0 bridgehead atoms. The number of imidazole rings is 1. The average molecular weight is 415 g/mol. The van der Waals surface area contributed by atoms with Crippen LogP contribution in [0.4, 0.5) is 4.39 Å². The third-order valence-corrected chi connectivity index (χ3v) is 5.59. The summed E-state index contributed by atoms with van der Waals surface area (Å²) in [6.07, 6.45) is 0.342. The fourth-order valence-electron chi connectivity index (χ4n) is 3.07. The molecule has 0 saturated heterocycles. The number of carbonyl (C=O) groups is 2. The molecule has 0 fully saturated rings. The lowest BCUT2D eigenvalue weighted by Gasteiger charge is -2.14. The highest BCUT2D eigenvalue weighted by molar-refractivity contribution is 7.99. The van der Waals surface area contributed by atoms with Crippen molar-refractivity contribution in [2.45, 2.75) is 25.0 Å². The van der Waals surface area contributed by atoms with Gasteiger partial charge >= 0.3 is 0 Å². The van der Waals surface area contributed by atoms with Crippen molar-refractivity contribution in [3.8, 4) is 0 Å². The van der Waals surface area contributed by atoms with Crippen molar-refractivity contribution in [3.63, 3.8) is 0 Å². The molecule has 0 saturated carbocycles. The van der Waals surface area contributed by atoms with Gasteiger partial charge in [0, 0.05) is 13.1 Å². The van der Waals surface area contributed by atoms with E-state index in [1.807, 2.05) is 31.2 Å². The van der Waals surface area contributed by atoms with Gasteiger partial charge in [0.05, 0.1) is 22.7 Å². The first-order valence-electron chi connectivity index (χ1n) is 9.36. The van der Waals surface area contributed by atoms with Crippen LogP contribution in [-0.2, 0) is 22.6 Å². The van der Waals surface area contributed by atoms with Gasteiger partial charge in [-0.25, -0.2) is 9.37 Å². The fraction of sp³-hybridized carbons (Fsp3) is 0.286. The Hall–Kier alpha value is -2.87. The number of aryl methyl sites for hydroxylation is 1. The van der Waals surface area contributed by atoms with Crippen LogP contribution < -0.4 is 11.1 Å². The zero-order valence-electron chi connectivity index (χ0n) is 16.1. The van der Waals surface area contributed by atoms with Crippen LogP contribution in [0.1, 0.15) is 12.5 Å². The number of primary amides is 1. The number of amides is 2. The number of nitrogens with zero attached hydrogens (tertiary/aromatic N) is 2. The summed E-state index contributed by atoms with van der Waals surface area (Å²) in [6, 6.07) is 13.7. The number of carbonyl (C=O) groups excluding carboxylic acids is 2. The Kier molecular flexibility index (Phi) is 6.87. The molecule has 1 heterocycles. The van der Waals surface area contributed by atoms with Crippen LogP contribution in [-0.4, -0.2) is 33.7 Å². The molecule has 1 aromatic heterocycles. The number of hydrogen-bond donors (Lipinski definition) is 2.